The van der Waals surface area contributed by atoms with Gasteiger partial charge in [-0.05, 0) is 31.6 Å². The van der Waals surface area contributed by atoms with Crippen LogP contribution in [0.3, 0.4) is 0 Å². The summed E-state index contributed by atoms with van der Waals surface area (Å²) in [7, 11) is 3.86. The molecule has 5 nitrogen and oxygen atoms in total. The Kier molecular flexibility index (Phi) is 7.84. The van der Waals surface area contributed by atoms with Crippen molar-refractivity contribution in [3.8, 4) is 0 Å². The summed E-state index contributed by atoms with van der Waals surface area (Å²) in [5.41, 5.74) is -0.479. The Balaban J connectivity index is 2.22. The number of imidazole rings is 1. The summed E-state index contributed by atoms with van der Waals surface area (Å²) in [5, 5.41) is 0. The monoisotopic (exact) mass is 410 g/mol. The zero-order chi connectivity index (χ0) is 21.6. The lowest BCUT2D eigenvalue weighted by Crippen LogP contribution is -2.37. The minimum atomic E-state index is -4.41. The van der Waals surface area contributed by atoms with Crippen LogP contribution in [0, 0.1) is 5.92 Å². The van der Waals surface area contributed by atoms with Gasteiger partial charge in [-0.1, -0.05) is 32.0 Å². The zero-order valence-corrected chi connectivity index (χ0v) is 17.4. The summed E-state index contributed by atoms with van der Waals surface area (Å²) in [6.45, 7) is 5.51. The Morgan fingerprint density at radius 2 is 1.86 bits per heavy atom. The van der Waals surface area contributed by atoms with Crippen LogP contribution in [0.15, 0.2) is 36.7 Å². The highest BCUT2D eigenvalue weighted by molar-refractivity contribution is 5.76. The molecule has 160 valence electrons. The number of hydrogen-bond acceptors (Lipinski definition) is 3. The Labute approximate surface area is 170 Å². The van der Waals surface area contributed by atoms with Crippen LogP contribution >= 0.6 is 0 Å². The van der Waals surface area contributed by atoms with E-state index in [9.17, 15) is 18.0 Å². The third kappa shape index (κ3) is 6.88. The average Bonchev–Trinajstić information content (AvgIpc) is 3.04. The molecule has 1 amide bonds. The van der Waals surface area contributed by atoms with Crippen molar-refractivity contribution in [2.75, 3.05) is 27.2 Å². The third-order valence-corrected chi connectivity index (χ3v) is 4.55. The molecule has 0 bridgehead atoms. The molecule has 29 heavy (non-hydrogen) atoms. The van der Waals surface area contributed by atoms with Gasteiger partial charge in [0.1, 0.15) is 5.82 Å². The van der Waals surface area contributed by atoms with Gasteiger partial charge >= 0.3 is 6.18 Å². The van der Waals surface area contributed by atoms with Crippen LogP contribution in [0.1, 0.15) is 37.2 Å². The largest absolute Gasteiger partial charge is 0.416 e. The van der Waals surface area contributed by atoms with Gasteiger partial charge in [0.2, 0.25) is 5.91 Å². The standard InChI is InChI=1S/C21H29F3N4O/c1-16(2)13-20(29)28(12-11-26(3)4)15-19-25-9-10-27(19)14-17-7-5-6-8-18(17)21(22,23)24/h5-10,16H,11-15H2,1-4H3. The first-order valence-corrected chi connectivity index (χ1v) is 9.65. The molecule has 0 aliphatic heterocycles. The molecule has 1 heterocycles. The highest BCUT2D eigenvalue weighted by Gasteiger charge is 2.33. The number of carbonyl (C=O) groups is 1. The molecule has 0 aliphatic rings. The lowest BCUT2D eigenvalue weighted by atomic mass is 10.1. The maximum atomic E-state index is 13.3. The van der Waals surface area contributed by atoms with Gasteiger partial charge < -0.3 is 14.4 Å². The van der Waals surface area contributed by atoms with E-state index in [1.807, 2.05) is 32.8 Å². The molecule has 0 aliphatic carbocycles. The molecular weight excluding hydrogens is 381 g/mol. The van der Waals surface area contributed by atoms with E-state index in [2.05, 4.69) is 4.98 Å². The van der Waals surface area contributed by atoms with Crippen molar-refractivity contribution in [3.63, 3.8) is 0 Å². The van der Waals surface area contributed by atoms with Crippen LogP contribution in [0.5, 0.6) is 0 Å². The molecule has 1 aromatic heterocycles. The van der Waals surface area contributed by atoms with E-state index in [0.717, 1.165) is 6.07 Å². The molecule has 0 unspecified atom stereocenters. The van der Waals surface area contributed by atoms with Crippen LogP contribution in [0.25, 0.3) is 0 Å². The molecular formula is C21H29F3N4O. The molecule has 0 atom stereocenters. The molecule has 2 aromatic rings. The summed E-state index contributed by atoms with van der Waals surface area (Å²) in [5.74, 6) is 0.813. The lowest BCUT2D eigenvalue weighted by Gasteiger charge is -2.25. The van der Waals surface area contributed by atoms with Gasteiger partial charge in [-0.2, -0.15) is 13.2 Å². The van der Waals surface area contributed by atoms with Crippen molar-refractivity contribution < 1.29 is 18.0 Å². The quantitative estimate of drug-likeness (QED) is 0.630. The Morgan fingerprint density at radius 1 is 1.17 bits per heavy atom. The summed E-state index contributed by atoms with van der Waals surface area (Å²) in [6.07, 6.45) is -0.782. The van der Waals surface area contributed by atoms with Gasteiger partial charge in [0.25, 0.3) is 0 Å². The van der Waals surface area contributed by atoms with Gasteiger partial charge in [-0.15, -0.1) is 0 Å². The van der Waals surface area contributed by atoms with Crippen LogP contribution in [0.2, 0.25) is 0 Å². The van der Waals surface area contributed by atoms with Gasteiger partial charge in [-0.25, -0.2) is 4.98 Å². The van der Waals surface area contributed by atoms with E-state index in [0.29, 0.717) is 25.3 Å². The molecule has 0 spiro atoms. The van der Waals surface area contributed by atoms with E-state index >= 15 is 0 Å². The molecule has 0 N–H and O–H groups in total. The molecule has 2 rings (SSSR count). The predicted octanol–water partition coefficient (Wildman–Crippen LogP) is 3.89. The first-order chi connectivity index (χ1) is 13.6. The van der Waals surface area contributed by atoms with Crippen LogP contribution in [-0.4, -0.2) is 52.4 Å². The number of aromatic nitrogens is 2. The fourth-order valence-corrected chi connectivity index (χ4v) is 3.02. The molecule has 0 fully saturated rings. The first kappa shape index (κ1) is 22.9. The highest BCUT2D eigenvalue weighted by atomic mass is 19.4. The summed E-state index contributed by atoms with van der Waals surface area (Å²) in [6, 6.07) is 5.53. The van der Waals surface area contributed by atoms with Crippen LogP contribution < -0.4 is 0 Å². The lowest BCUT2D eigenvalue weighted by molar-refractivity contribution is -0.138. The van der Waals surface area contributed by atoms with Crippen LogP contribution in [0.4, 0.5) is 13.2 Å². The topological polar surface area (TPSA) is 41.4 Å². The second-order valence-corrected chi connectivity index (χ2v) is 7.84. The van der Waals surface area contributed by atoms with E-state index in [4.69, 9.17) is 0 Å². The number of alkyl halides is 3. The summed E-state index contributed by atoms with van der Waals surface area (Å²) in [4.78, 5) is 20.7. The average molecular weight is 410 g/mol. The maximum absolute atomic E-state index is 13.3. The second-order valence-electron chi connectivity index (χ2n) is 7.84. The van der Waals surface area contributed by atoms with E-state index in [1.165, 1.54) is 12.1 Å². The summed E-state index contributed by atoms with van der Waals surface area (Å²) < 4.78 is 41.6. The third-order valence-electron chi connectivity index (χ3n) is 4.55. The minimum absolute atomic E-state index is 0.0205. The van der Waals surface area contributed by atoms with Gasteiger partial charge in [0, 0.05) is 38.4 Å². The number of halogens is 3. The van der Waals surface area contributed by atoms with E-state index in [1.54, 1.807) is 27.9 Å². The Hall–Kier alpha value is -2.35. The van der Waals surface area contributed by atoms with Crippen molar-refractivity contribution in [1.82, 2.24) is 19.4 Å². The molecule has 0 saturated heterocycles. The van der Waals surface area contributed by atoms with Crippen molar-refractivity contribution in [3.05, 3.63) is 53.6 Å². The first-order valence-electron chi connectivity index (χ1n) is 9.65. The van der Waals surface area contributed by atoms with Crippen molar-refractivity contribution in [2.24, 2.45) is 5.92 Å². The SMILES string of the molecule is CC(C)CC(=O)N(CCN(C)C)Cc1nccn1Cc1ccccc1C(F)(F)F. The maximum Gasteiger partial charge on any atom is 0.416 e. The predicted molar refractivity (Wildman–Crippen MR) is 106 cm³/mol. The Bertz CT molecular complexity index is 799. The van der Waals surface area contributed by atoms with Crippen molar-refractivity contribution in [1.29, 1.82) is 0 Å². The van der Waals surface area contributed by atoms with Crippen LogP contribution in [-0.2, 0) is 24.1 Å². The number of carbonyl (C=O) groups excluding carboxylic acids is 1. The number of amides is 1. The molecule has 1 aromatic carbocycles. The number of hydrogen-bond donors (Lipinski definition) is 0. The van der Waals surface area contributed by atoms with Crippen molar-refractivity contribution in [2.45, 2.75) is 39.5 Å². The number of rotatable bonds is 9. The fourth-order valence-electron chi connectivity index (χ4n) is 3.02. The molecule has 0 radical (unpaired) electrons. The summed E-state index contributed by atoms with van der Waals surface area (Å²) >= 11 is 0. The van der Waals surface area contributed by atoms with Gasteiger partial charge in [0.15, 0.2) is 0 Å². The Morgan fingerprint density at radius 3 is 2.48 bits per heavy atom. The fraction of sp³-hybridized carbons (Fsp3) is 0.524. The second kappa shape index (κ2) is 9.91. The van der Waals surface area contributed by atoms with Gasteiger partial charge in [-0.3, -0.25) is 4.79 Å². The van der Waals surface area contributed by atoms with Gasteiger partial charge in [0.05, 0.1) is 12.1 Å². The highest BCUT2D eigenvalue weighted by Crippen LogP contribution is 2.32. The smallest absolute Gasteiger partial charge is 0.334 e. The van der Waals surface area contributed by atoms with Crippen molar-refractivity contribution >= 4 is 5.91 Å². The number of nitrogens with zero attached hydrogens (tertiary/aromatic N) is 4. The number of likely N-dealkylation sites (N-methyl/N-ethyl adjacent to an activating group) is 1. The number of benzene rings is 1. The van der Waals surface area contributed by atoms with E-state index in [-0.39, 0.29) is 30.5 Å². The molecule has 8 heteroatoms. The van der Waals surface area contributed by atoms with E-state index < -0.39 is 11.7 Å². The molecule has 0 saturated carbocycles. The normalized spacial score (nSPS) is 12.0. The minimum Gasteiger partial charge on any atom is -0.334 e. The zero-order valence-electron chi connectivity index (χ0n) is 17.4.